The topological polar surface area (TPSA) is 165 Å². The van der Waals surface area contributed by atoms with E-state index in [1.165, 1.54) is 13.8 Å². The predicted octanol–water partition coefficient (Wildman–Crippen LogP) is -2.92. The Labute approximate surface area is 131 Å². The van der Waals surface area contributed by atoms with E-state index in [0.717, 1.165) is 6.08 Å². The molecule has 130 valence electrons. The van der Waals surface area contributed by atoms with Crippen molar-refractivity contribution in [2.75, 3.05) is 6.61 Å². The largest absolute Gasteiger partial charge is 0.478 e. The number of aliphatic hydroxyl groups excluding tert-OH is 3. The molecule has 10 nitrogen and oxygen atoms in total. The number of carboxylic acid groups (broad SMARTS) is 1. The van der Waals surface area contributed by atoms with E-state index in [-0.39, 0.29) is 0 Å². The van der Waals surface area contributed by atoms with Gasteiger partial charge in [-0.25, -0.2) is 4.79 Å². The number of ether oxygens (including phenoxy) is 1. The van der Waals surface area contributed by atoms with Crippen molar-refractivity contribution in [1.29, 1.82) is 0 Å². The molecular formula is C13H20N2O8. The van der Waals surface area contributed by atoms with Crippen LogP contribution in [0.4, 0.5) is 0 Å². The molecule has 23 heavy (non-hydrogen) atoms. The average Bonchev–Trinajstić information content (AvgIpc) is 2.45. The third-order valence-corrected chi connectivity index (χ3v) is 3.20. The summed E-state index contributed by atoms with van der Waals surface area (Å²) in [6.45, 7) is 1.58. The highest BCUT2D eigenvalue weighted by molar-refractivity contribution is 5.85. The second kappa shape index (κ2) is 7.90. The fourth-order valence-electron chi connectivity index (χ4n) is 2.23. The molecule has 0 saturated carbocycles. The highest BCUT2D eigenvalue weighted by Gasteiger charge is 2.43. The van der Waals surface area contributed by atoms with Crippen LogP contribution in [0.1, 0.15) is 13.8 Å². The van der Waals surface area contributed by atoms with Crippen LogP contribution in [-0.4, -0.2) is 75.2 Å². The number of aliphatic hydroxyl groups is 3. The number of carbonyl (C=O) groups excluding carboxylic acids is 2. The second-order valence-corrected chi connectivity index (χ2v) is 5.11. The van der Waals surface area contributed by atoms with Gasteiger partial charge in [0.1, 0.15) is 18.3 Å². The van der Waals surface area contributed by atoms with Gasteiger partial charge in [0.05, 0.1) is 18.7 Å². The van der Waals surface area contributed by atoms with Crippen LogP contribution in [0.15, 0.2) is 11.8 Å². The van der Waals surface area contributed by atoms with Crippen molar-refractivity contribution in [3.8, 4) is 0 Å². The molecule has 10 heteroatoms. The molecule has 0 aliphatic carbocycles. The van der Waals surface area contributed by atoms with Gasteiger partial charge in [-0.2, -0.15) is 0 Å². The van der Waals surface area contributed by atoms with Crippen LogP contribution in [0.3, 0.4) is 0 Å². The molecule has 0 fully saturated rings. The molecule has 1 aliphatic rings. The van der Waals surface area contributed by atoms with Crippen molar-refractivity contribution >= 4 is 17.8 Å². The average molecular weight is 332 g/mol. The van der Waals surface area contributed by atoms with Crippen LogP contribution < -0.4 is 10.6 Å². The summed E-state index contributed by atoms with van der Waals surface area (Å²) < 4.78 is 5.13. The molecule has 1 rings (SSSR count). The van der Waals surface area contributed by atoms with E-state index < -0.39 is 60.5 Å². The first-order chi connectivity index (χ1) is 10.7. The standard InChI is InChI=1S/C13H20N2O8/c1-5(17)14-7-3-9(13(21)22)23-12(10(7)15-6(2)18)11(20)8(19)4-16/h3,7-8,10-12,16,19-20H,4H2,1-2H3,(H,14,17)(H,15,18)(H,21,22)/t7-,8-,10-,11-,12-/m1/s1. The van der Waals surface area contributed by atoms with E-state index in [1.807, 2.05) is 0 Å². The van der Waals surface area contributed by atoms with Crippen LogP contribution in [0.5, 0.6) is 0 Å². The Kier molecular flexibility index (Phi) is 6.49. The van der Waals surface area contributed by atoms with E-state index in [0.29, 0.717) is 0 Å². The summed E-state index contributed by atoms with van der Waals surface area (Å²) in [5.41, 5.74) is 0. The van der Waals surface area contributed by atoms with Crippen molar-refractivity contribution in [3.05, 3.63) is 11.8 Å². The molecule has 5 atom stereocenters. The van der Waals surface area contributed by atoms with Crippen LogP contribution in [-0.2, 0) is 19.1 Å². The third-order valence-electron chi connectivity index (χ3n) is 3.20. The number of aliphatic carboxylic acids is 1. The van der Waals surface area contributed by atoms with Crippen molar-refractivity contribution in [3.63, 3.8) is 0 Å². The maximum atomic E-state index is 11.4. The van der Waals surface area contributed by atoms with Crippen LogP contribution in [0, 0.1) is 0 Å². The Morgan fingerprint density at radius 1 is 1.22 bits per heavy atom. The molecule has 0 saturated heterocycles. The lowest BCUT2D eigenvalue weighted by molar-refractivity contribution is -0.147. The molecule has 6 N–H and O–H groups in total. The Morgan fingerprint density at radius 2 is 1.78 bits per heavy atom. The highest BCUT2D eigenvalue weighted by Crippen LogP contribution is 2.23. The maximum Gasteiger partial charge on any atom is 0.370 e. The lowest BCUT2D eigenvalue weighted by Crippen LogP contribution is -2.63. The van der Waals surface area contributed by atoms with Gasteiger partial charge in [-0.05, 0) is 6.08 Å². The Morgan fingerprint density at radius 3 is 2.22 bits per heavy atom. The van der Waals surface area contributed by atoms with Crippen LogP contribution in [0.2, 0.25) is 0 Å². The van der Waals surface area contributed by atoms with E-state index in [1.54, 1.807) is 0 Å². The van der Waals surface area contributed by atoms with Crippen LogP contribution in [0.25, 0.3) is 0 Å². The monoisotopic (exact) mass is 332 g/mol. The fourth-order valence-corrected chi connectivity index (χ4v) is 2.23. The van der Waals surface area contributed by atoms with Crippen molar-refractivity contribution in [2.24, 2.45) is 0 Å². The molecule has 0 aromatic heterocycles. The van der Waals surface area contributed by atoms with Crippen molar-refractivity contribution in [1.82, 2.24) is 10.6 Å². The minimum atomic E-state index is -1.70. The molecule has 1 heterocycles. The molecule has 0 aromatic carbocycles. The lowest BCUT2D eigenvalue weighted by Gasteiger charge is -2.39. The van der Waals surface area contributed by atoms with E-state index in [9.17, 15) is 24.6 Å². The lowest BCUT2D eigenvalue weighted by atomic mass is 9.92. The van der Waals surface area contributed by atoms with Gasteiger partial charge in [-0.3, -0.25) is 9.59 Å². The summed E-state index contributed by atoms with van der Waals surface area (Å²) in [6, 6.07) is -2.03. The van der Waals surface area contributed by atoms with Crippen LogP contribution >= 0.6 is 0 Å². The SMILES string of the molecule is CC(=O)N[C@H]1[C@H]([C@H](O)[C@H](O)CO)OC(C(=O)O)=C[C@H]1NC(C)=O. The summed E-state index contributed by atoms with van der Waals surface area (Å²) in [6.07, 6.45) is -3.63. The minimum absolute atomic E-state index is 0.496. The zero-order chi connectivity index (χ0) is 17.7. The highest BCUT2D eigenvalue weighted by atomic mass is 16.5. The first-order valence-corrected chi connectivity index (χ1v) is 6.80. The predicted molar refractivity (Wildman–Crippen MR) is 74.9 cm³/mol. The minimum Gasteiger partial charge on any atom is -0.478 e. The fraction of sp³-hybridized carbons (Fsp3) is 0.615. The van der Waals surface area contributed by atoms with Gasteiger partial charge in [0.25, 0.3) is 0 Å². The molecule has 0 spiro atoms. The Balaban J connectivity index is 3.22. The molecule has 0 bridgehead atoms. The summed E-state index contributed by atoms with van der Waals surface area (Å²) in [5, 5.41) is 42.5. The summed E-state index contributed by atoms with van der Waals surface area (Å²) in [5.74, 6) is -3.02. The number of amides is 2. The normalized spacial score (nSPS) is 26.3. The molecule has 0 radical (unpaired) electrons. The first kappa shape index (κ1) is 18.9. The number of carboxylic acids is 1. The van der Waals surface area contributed by atoms with Gasteiger partial charge >= 0.3 is 5.97 Å². The van der Waals surface area contributed by atoms with Gasteiger partial charge in [0, 0.05) is 13.8 Å². The zero-order valence-corrected chi connectivity index (χ0v) is 12.6. The van der Waals surface area contributed by atoms with Crippen molar-refractivity contribution < 1.29 is 39.5 Å². The summed E-state index contributed by atoms with van der Waals surface area (Å²) in [4.78, 5) is 33.8. The summed E-state index contributed by atoms with van der Waals surface area (Å²) in [7, 11) is 0. The van der Waals surface area contributed by atoms with Crippen molar-refractivity contribution in [2.45, 2.75) is 44.2 Å². The van der Waals surface area contributed by atoms with Gasteiger partial charge < -0.3 is 35.8 Å². The molecule has 0 unspecified atom stereocenters. The first-order valence-electron chi connectivity index (χ1n) is 6.80. The molecule has 0 aromatic rings. The van der Waals surface area contributed by atoms with Gasteiger partial charge in [-0.1, -0.05) is 0 Å². The van der Waals surface area contributed by atoms with Gasteiger partial charge in [-0.15, -0.1) is 0 Å². The smallest absolute Gasteiger partial charge is 0.370 e. The third kappa shape index (κ3) is 4.91. The van der Waals surface area contributed by atoms with Gasteiger partial charge in [0.15, 0.2) is 0 Å². The van der Waals surface area contributed by atoms with E-state index in [4.69, 9.17) is 14.9 Å². The molecule has 1 aliphatic heterocycles. The van der Waals surface area contributed by atoms with E-state index in [2.05, 4.69) is 10.6 Å². The molecule has 2 amide bonds. The second-order valence-electron chi connectivity index (χ2n) is 5.11. The maximum absolute atomic E-state index is 11.4. The number of rotatable bonds is 6. The number of hydrogen-bond donors (Lipinski definition) is 6. The van der Waals surface area contributed by atoms with Gasteiger partial charge in [0.2, 0.25) is 17.6 Å². The molecular weight excluding hydrogens is 312 g/mol. The Bertz CT molecular complexity index is 506. The number of nitrogens with one attached hydrogen (secondary N) is 2. The van der Waals surface area contributed by atoms with E-state index >= 15 is 0 Å². The summed E-state index contributed by atoms with van der Waals surface area (Å²) >= 11 is 0. The number of hydrogen-bond acceptors (Lipinski definition) is 7. The zero-order valence-electron chi connectivity index (χ0n) is 12.6. The quantitative estimate of drug-likeness (QED) is 0.301. The Hall–Kier alpha value is -2.17. The number of carbonyl (C=O) groups is 3.